The van der Waals surface area contributed by atoms with Gasteiger partial charge in [-0.05, 0) is 36.4 Å². The number of carbonyl (C=O) groups is 1. The van der Waals surface area contributed by atoms with E-state index in [-0.39, 0.29) is 17.1 Å². The van der Waals surface area contributed by atoms with Crippen molar-refractivity contribution in [3.8, 4) is 0 Å². The molecule has 25 heavy (non-hydrogen) atoms. The topological polar surface area (TPSA) is 68.4 Å². The number of halogens is 1. The Morgan fingerprint density at radius 3 is 2.44 bits per heavy atom. The van der Waals surface area contributed by atoms with E-state index in [4.69, 9.17) is 0 Å². The average Bonchev–Trinajstić information content (AvgIpc) is 3.07. The third-order valence-corrected chi connectivity index (χ3v) is 4.04. The first kappa shape index (κ1) is 15.1. The van der Waals surface area contributed by atoms with Crippen molar-refractivity contribution >= 4 is 28.1 Å². The fraction of sp³-hybridized carbons (Fsp3) is 0.0556. The number of fused-ring (bicyclic) bond motifs is 3. The molecule has 0 saturated carbocycles. The van der Waals surface area contributed by atoms with E-state index in [1.54, 1.807) is 7.05 Å². The molecule has 0 fully saturated rings. The maximum absolute atomic E-state index is 13.0. The van der Waals surface area contributed by atoms with Gasteiger partial charge in [0.15, 0.2) is 5.69 Å². The number of nitrogens with zero attached hydrogens (tertiary/aromatic N) is 3. The highest BCUT2D eigenvalue weighted by Crippen LogP contribution is 2.15. The standard InChI is InChI=1S/C18H13FN4O2/c1-22-14-4-2-3-5-15(14)23-16(18(22)25)10-13(21-23)17(24)20-12-8-6-11(19)7-9-12/h2-10H,1H3,(H,20,24). The average molecular weight is 336 g/mol. The van der Waals surface area contributed by atoms with Crippen LogP contribution in [0.1, 0.15) is 10.5 Å². The smallest absolute Gasteiger partial charge is 0.276 e. The molecule has 0 unspecified atom stereocenters. The molecule has 4 aromatic rings. The molecule has 0 saturated heterocycles. The van der Waals surface area contributed by atoms with Gasteiger partial charge in [0, 0.05) is 18.8 Å². The molecule has 0 bridgehead atoms. The van der Waals surface area contributed by atoms with Gasteiger partial charge >= 0.3 is 0 Å². The van der Waals surface area contributed by atoms with Gasteiger partial charge in [-0.15, -0.1) is 0 Å². The van der Waals surface area contributed by atoms with Crippen LogP contribution in [0.2, 0.25) is 0 Å². The summed E-state index contributed by atoms with van der Waals surface area (Å²) in [6.07, 6.45) is 0. The summed E-state index contributed by atoms with van der Waals surface area (Å²) in [6.45, 7) is 0. The second-order valence-electron chi connectivity index (χ2n) is 5.64. The number of para-hydroxylation sites is 2. The molecule has 0 aliphatic carbocycles. The normalized spacial score (nSPS) is 11.1. The minimum atomic E-state index is -0.471. The maximum atomic E-state index is 13.0. The largest absolute Gasteiger partial charge is 0.321 e. The van der Waals surface area contributed by atoms with Gasteiger partial charge in [-0.3, -0.25) is 9.59 Å². The molecular formula is C18H13FN4O2. The van der Waals surface area contributed by atoms with Crippen molar-refractivity contribution in [3.05, 3.63) is 76.5 Å². The molecule has 0 atom stereocenters. The molecule has 1 N–H and O–H groups in total. The third-order valence-electron chi connectivity index (χ3n) is 4.04. The number of rotatable bonds is 2. The zero-order chi connectivity index (χ0) is 17.6. The summed E-state index contributed by atoms with van der Waals surface area (Å²) in [5.41, 5.74) is 2.06. The quantitative estimate of drug-likeness (QED) is 0.612. The molecule has 0 aliphatic rings. The molecule has 2 aromatic carbocycles. The van der Waals surface area contributed by atoms with E-state index in [1.807, 2.05) is 24.3 Å². The van der Waals surface area contributed by atoms with Gasteiger partial charge < -0.3 is 9.88 Å². The van der Waals surface area contributed by atoms with E-state index in [0.717, 1.165) is 5.52 Å². The van der Waals surface area contributed by atoms with Crippen LogP contribution in [0.15, 0.2) is 59.4 Å². The number of hydrogen-bond acceptors (Lipinski definition) is 3. The number of amides is 1. The summed E-state index contributed by atoms with van der Waals surface area (Å²) < 4.78 is 15.9. The van der Waals surface area contributed by atoms with Crippen LogP contribution < -0.4 is 10.9 Å². The summed E-state index contributed by atoms with van der Waals surface area (Å²) >= 11 is 0. The lowest BCUT2D eigenvalue weighted by molar-refractivity contribution is 0.102. The Bertz CT molecular complexity index is 1180. The van der Waals surface area contributed by atoms with E-state index >= 15 is 0 Å². The van der Waals surface area contributed by atoms with E-state index in [2.05, 4.69) is 10.4 Å². The predicted octanol–water partition coefficient (Wildman–Crippen LogP) is 2.58. The Morgan fingerprint density at radius 1 is 1.04 bits per heavy atom. The Balaban J connectivity index is 1.82. The molecule has 124 valence electrons. The van der Waals surface area contributed by atoms with Crippen LogP contribution in [0.5, 0.6) is 0 Å². The Morgan fingerprint density at radius 2 is 1.72 bits per heavy atom. The Labute approximate surface area is 141 Å². The third kappa shape index (κ3) is 2.46. The van der Waals surface area contributed by atoms with Crippen LogP contribution in [-0.4, -0.2) is 20.1 Å². The summed E-state index contributed by atoms with van der Waals surface area (Å²) in [5, 5.41) is 6.91. The molecule has 0 aliphatic heterocycles. The van der Waals surface area contributed by atoms with E-state index in [9.17, 15) is 14.0 Å². The van der Waals surface area contributed by atoms with Crippen LogP contribution >= 0.6 is 0 Å². The lowest BCUT2D eigenvalue weighted by Gasteiger charge is -2.06. The van der Waals surface area contributed by atoms with Crippen molar-refractivity contribution < 1.29 is 9.18 Å². The fourth-order valence-corrected chi connectivity index (χ4v) is 2.76. The van der Waals surface area contributed by atoms with Gasteiger partial charge in [-0.2, -0.15) is 5.10 Å². The predicted molar refractivity (Wildman–Crippen MR) is 92.3 cm³/mol. The van der Waals surface area contributed by atoms with Gasteiger partial charge in [-0.1, -0.05) is 12.1 Å². The van der Waals surface area contributed by atoms with Gasteiger partial charge in [0.2, 0.25) is 0 Å². The molecule has 1 amide bonds. The summed E-state index contributed by atoms with van der Waals surface area (Å²) in [7, 11) is 1.68. The number of aryl methyl sites for hydroxylation is 1. The summed E-state index contributed by atoms with van der Waals surface area (Å²) in [6, 6.07) is 14.2. The number of benzene rings is 2. The SMILES string of the molecule is Cn1c(=O)c2cc(C(=O)Nc3ccc(F)cc3)nn2c2ccccc21. The van der Waals surface area contributed by atoms with Crippen molar-refractivity contribution in [2.75, 3.05) is 5.32 Å². The summed E-state index contributed by atoms with van der Waals surface area (Å²) in [4.78, 5) is 24.9. The van der Waals surface area contributed by atoms with Crippen molar-refractivity contribution in [2.45, 2.75) is 0 Å². The van der Waals surface area contributed by atoms with E-state index in [1.165, 1.54) is 39.4 Å². The highest BCUT2D eigenvalue weighted by atomic mass is 19.1. The lowest BCUT2D eigenvalue weighted by atomic mass is 10.3. The van der Waals surface area contributed by atoms with Crippen LogP contribution in [0.25, 0.3) is 16.6 Å². The minimum Gasteiger partial charge on any atom is -0.321 e. The fourth-order valence-electron chi connectivity index (χ4n) is 2.76. The molecule has 0 spiro atoms. The molecular weight excluding hydrogens is 323 g/mol. The van der Waals surface area contributed by atoms with E-state index in [0.29, 0.717) is 16.7 Å². The van der Waals surface area contributed by atoms with Gasteiger partial charge in [0.05, 0.1) is 11.0 Å². The van der Waals surface area contributed by atoms with Crippen molar-refractivity contribution in [2.24, 2.45) is 7.05 Å². The first-order valence-electron chi connectivity index (χ1n) is 7.59. The van der Waals surface area contributed by atoms with Crippen molar-refractivity contribution in [3.63, 3.8) is 0 Å². The van der Waals surface area contributed by atoms with Crippen LogP contribution in [0.4, 0.5) is 10.1 Å². The molecule has 0 radical (unpaired) electrons. The van der Waals surface area contributed by atoms with Crippen LogP contribution in [0.3, 0.4) is 0 Å². The molecule has 4 rings (SSSR count). The minimum absolute atomic E-state index is 0.109. The maximum Gasteiger partial charge on any atom is 0.276 e. The number of aromatic nitrogens is 3. The first-order chi connectivity index (χ1) is 12.0. The highest BCUT2D eigenvalue weighted by molar-refractivity contribution is 6.03. The zero-order valence-electron chi connectivity index (χ0n) is 13.2. The number of carbonyl (C=O) groups excluding carboxylic acids is 1. The van der Waals surface area contributed by atoms with Crippen molar-refractivity contribution in [1.29, 1.82) is 0 Å². The Kier molecular flexibility index (Phi) is 3.35. The summed E-state index contributed by atoms with van der Waals surface area (Å²) in [5.74, 6) is -0.859. The number of nitrogens with one attached hydrogen (secondary N) is 1. The number of hydrogen-bond donors (Lipinski definition) is 1. The van der Waals surface area contributed by atoms with Gasteiger partial charge in [0.25, 0.3) is 11.5 Å². The van der Waals surface area contributed by atoms with Crippen molar-refractivity contribution in [1.82, 2.24) is 14.2 Å². The Hall–Kier alpha value is -3.48. The zero-order valence-corrected chi connectivity index (χ0v) is 13.2. The van der Waals surface area contributed by atoms with Crippen LogP contribution in [-0.2, 0) is 7.05 Å². The van der Waals surface area contributed by atoms with Crippen LogP contribution in [0, 0.1) is 5.82 Å². The number of anilines is 1. The molecule has 7 heteroatoms. The van der Waals surface area contributed by atoms with E-state index < -0.39 is 5.91 Å². The first-order valence-corrected chi connectivity index (χ1v) is 7.59. The lowest BCUT2D eigenvalue weighted by Crippen LogP contribution is -2.19. The molecule has 6 nitrogen and oxygen atoms in total. The second kappa shape index (κ2) is 5.55. The second-order valence-corrected chi connectivity index (χ2v) is 5.64. The van der Waals surface area contributed by atoms with Gasteiger partial charge in [0.1, 0.15) is 11.3 Å². The molecule has 2 heterocycles. The highest BCUT2D eigenvalue weighted by Gasteiger charge is 2.16. The molecule has 2 aromatic heterocycles. The van der Waals surface area contributed by atoms with Gasteiger partial charge in [-0.25, -0.2) is 8.91 Å². The monoisotopic (exact) mass is 336 g/mol.